The molecule has 2 rings (SSSR count). The zero-order chi connectivity index (χ0) is 11.5. The van der Waals surface area contributed by atoms with Crippen LogP contribution < -0.4 is 4.74 Å². The van der Waals surface area contributed by atoms with Crippen LogP contribution in [0.4, 0.5) is 0 Å². The molecule has 0 radical (unpaired) electrons. The monoisotopic (exact) mass is 238 g/mol. The van der Waals surface area contributed by atoms with E-state index in [1.807, 2.05) is 18.8 Å². The maximum absolute atomic E-state index is 9.62. The van der Waals surface area contributed by atoms with E-state index in [2.05, 4.69) is 12.1 Å². The molecule has 1 aliphatic rings. The van der Waals surface area contributed by atoms with Gasteiger partial charge in [0, 0.05) is 8.15 Å². The number of hydrogen-bond donors (Lipinski definition) is 1. The predicted octanol–water partition coefficient (Wildman–Crippen LogP) is 3.21. The van der Waals surface area contributed by atoms with E-state index in [9.17, 15) is 4.89 Å². The lowest BCUT2D eigenvalue weighted by molar-refractivity contribution is 0.413. The number of benzene rings is 1. The van der Waals surface area contributed by atoms with Gasteiger partial charge in [-0.25, -0.2) is 0 Å². The van der Waals surface area contributed by atoms with Gasteiger partial charge >= 0.3 is 0 Å². The second-order valence-electron chi connectivity index (χ2n) is 4.56. The Labute approximate surface area is 98.5 Å². The molecule has 0 spiro atoms. The maximum Gasteiger partial charge on any atom is 0.119 e. The molecule has 3 heteroatoms. The summed E-state index contributed by atoms with van der Waals surface area (Å²) in [6, 6.07) is 8.28. The Balaban J connectivity index is 2.16. The summed E-state index contributed by atoms with van der Waals surface area (Å²) in [5.41, 5.74) is 1.32. The molecule has 1 aliphatic carbocycles. The second kappa shape index (κ2) is 5.16. The normalized spacial score (nSPS) is 19.2. The summed E-state index contributed by atoms with van der Waals surface area (Å²) in [4.78, 5) is 9.62. The third-order valence-corrected chi connectivity index (χ3v) is 4.10. The van der Waals surface area contributed by atoms with E-state index in [4.69, 9.17) is 4.74 Å². The fourth-order valence-electron chi connectivity index (χ4n) is 2.18. The van der Waals surface area contributed by atoms with Crippen molar-refractivity contribution in [2.24, 2.45) is 5.92 Å². The molecule has 0 saturated heterocycles. The zero-order valence-corrected chi connectivity index (χ0v) is 10.8. The van der Waals surface area contributed by atoms with Crippen molar-refractivity contribution in [1.82, 2.24) is 0 Å². The molecule has 2 unspecified atom stereocenters. The third kappa shape index (κ3) is 2.96. The van der Waals surface area contributed by atoms with Crippen LogP contribution in [-0.4, -0.2) is 24.8 Å². The Morgan fingerprint density at radius 2 is 2.25 bits per heavy atom. The molecule has 0 heterocycles. The summed E-state index contributed by atoms with van der Waals surface area (Å²) in [6.45, 7) is 1.94. The van der Waals surface area contributed by atoms with Crippen molar-refractivity contribution in [3.8, 4) is 5.75 Å². The van der Waals surface area contributed by atoms with Crippen LogP contribution in [0.2, 0.25) is 0 Å². The number of ether oxygens (including phenoxy) is 1. The molecule has 0 amide bonds. The van der Waals surface area contributed by atoms with Crippen LogP contribution in [0.5, 0.6) is 5.75 Å². The van der Waals surface area contributed by atoms with E-state index in [0.717, 1.165) is 17.8 Å². The molecule has 16 heavy (non-hydrogen) atoms. The molecule has 1 aromatic rings. The van der Waals surface area contributed by atoms with E-state index >= 15 is 0 Å². The van der Waals surface area contributed by atoms with Crippen molar-refractivity contribution in [1.29, 1.82) is 0 Å². The first-order chi connectivity index (χ1) is 7.70. The topological polar surface area (TPSA) is 29.5 Å². The van der Waals surface area contributed by atoms with Gasteiger partial charge in [-0.2, -0.15) is 0 Å². The van der Waals surface area contributed by atoms with E-state index in [1.165, 1.54) is 18.4 Å². The lowest BCUT2D eigenvalue weighted by atomic mass is 9.96. The molecule has 0 bridgehead atoms. The van der Waals surface area contributed by atoms with Gasteiger partial charge in [-0.05, 0) is 55.2 Å². The SMILES string of the molecule is COc1cccc(C(CP(C)O)C2CC2)c1. The largest absolute Gasteiger partial charge is 0.497 e. The highest BCUT2D eigenvalue weighted by atomic mass is 31.1. The molecular formula is C13H19O2P. The smallest absolute Gasteiger partial charge is 0.119 e. The number of rotatable bonds is 5. The first-order valence-corrected chi connectivity index (χ1v) is 7.67. The molecule has 1 aromatic carbocycles. The predicted molar refractivity (Wildman–Crippen MR) is 68.4 cm³/mol. The average molecular weight is 238 g/mol. The van der Waals surface area contributed by atoms with Crippen LogP contribution >= 0.6 is 8.15 Å². The minimum absolute atomic E-state index is 0.524. The highest BCUT2D eigenvalue weighted by molar-refractivity contribution is 7.50. The highest BCUT2D eigenvalue weighted by Gasteiger charge is 2.33. The molecule has 1 saturated carbocycles. The van der Waals surface area contributed by atoms with Crippen LogP contribution in [0.3, 0.4) is 0 Å². The molecule has 88 valence electrons. The van der Waals surface area contributed by atoms with E-state index < -0.39 is 8.15 Å². The van der Waals surface area contributed by atoms with E-state index in [1.54, 1.807) is 7.11 Å². The van der Waals surface area contributed by atoms with Crippen LogP contribution in [0.25, 0.3) is 0 Å². The van der Waals surface area contributed by atoms with E-state index in [-0.39, 0.29) is 0 Å². The van der Waals surface area contributed by atoms with Gasteiger partial charge in [-0.3, -0.25) is 0 Å². The lowest BCUT2D eigenvalue weighted by Crippen LogP contribution is -2.06. The first kappa shape index (κ1) is 11.9. The fourth-order valence-corrected chi connectivity index (χ4v) is 3.26. The molecule has 1 fully saturated rings. The molecule has 0 aliphatic heterocycles. The summed E-state index contributed by atoms with van der Waals surface area (Å²) < 4.78 is 5.25. The number of hydrogen-bond acceptors (Lipinski definition) is 2. The van der Waals surface area contributed by atoms with Crippen molar-refractivity contribution < 1.29 is 9.63 Å². The lowest BCUT2D eigenvalue weighted by Gasteiger charge is -2.18. The third-order valence-electron chi connectivity index (χ3n) is 3.17. The van der Waals surface area contributed by atoms with Gasteiger partial charge in [-0.15, -0.1) is 0 Å². The highest BCUT2D eigenvalue weighted by Crippen LogP contribution is 2.47. The van der Waals surface area contributed by atoms with Gasteiger partial charge in [0.15, 0.2) is 0 Å². The van der Waals surface area contributed by atoms with Crippen molar-refractivity contribution in [2.45, 2.75) is 18.8 Å². The van der Waals surface area contributed by atoms with Crippen LogP contribution in [0.15, 0.2) is 24.3 Å². The first-order valence-electron chi connectivity index (χ1n) is 5.74. The minimum Gasteiger partial charge on any atom is -0.497 e. The minimum atomic E-state index is -0.811. The quantitative estimate of drug-likeness (QED) is 0.798. The van der Waals surface area contributed by atoms with Gasteiger partial charge < -0.3 is 9.63 Å². The van der Waals surface area contributed by atoms with Crippen molar-refractivity contribution in [2.75, 3.05) is 19.9 Å². The number of methoxy groups -OCH3 is 1. The van der Waals surface area contributed by atoms with Gasteiger partial charge in [0.25, 0.3) is 0 Å². The molecular weight excluding hydrogens is 219 g/mol. The Kier molecular flexibility index (Phi) is 3.83. The summed E-state index contributed by atoms with van der Waals surface area (Å²) in [7, 11) is 0.888. The van der Waals surface area contributed by atoms with Crippen LogP contribution in [0.1, 0.15) is 24.3 Å². The van der Waals surface area contributed by atoms with Crippen molar-refractivity contribution in [3.05, 3.63) is 29.8 Å². The Morgan fingerprint density at radius 1 is 1.50 bits per heavy atom. The Morgan fingerprint density at radius 3 is 2.81 bits per heavy atom. The maximum atomic E-state index is 9.62. The summed E-state index contributed by atoms with van der Waals surface area (Å²) in [5, 5.41) is 0. The Bertz CT molecular complexity index is 348. The molecule has 2 atom stereocenters. The summed E-state index contributed by atoms with van der Waals surface area (Å²) >= 11 is 0. The standard InChI is InChI=1S/C13H19O2P/c1-15-12-5-3-4-11(8-12)13(9-16(2)14)10-6-7-10/h3-5,8,10,13-14H,6-7,9H2,1-2H3. The van der Waals surface area contributed by atoms with Gasteiger partial charge in [0.1, 0.15) is 5.75 Å². The zero-order valence-electron chi connectivity index (χ0n) is 9.89. The van der Waals surface area contributed by atoms with Crippen molar-refractivity contribution in [3.63, 3.8) is 0 Å². The van der Waals surface area contributed by atoms with E-state index in [0.29, 0.717) is 5.92 Å². The Hall–Kier alpha value is -0.590. The summed E-state index contributed by atoms with van der Waals surface area (Å²) in [6.07, 6.45) is 3.54. The van der Waals surface area contributed by atoms with Gasteiger partial charge in [0.05, 0.1) is 7.11 Å². The molecule has 2 nitrogen and oxygen atoms in total. The van der Waals surface area contributed by atoms with Crippen LogP contribution in [-0.2, 0) is 0 Å². The van der Waals surface area contributed by atoms with Gasteiger partial charge in [0.2, 0.25) is 0 Å². The average Bonchev–Trinajstić information content (AvgIpc) is 3.09. The summed E-state index contributed by atoms with van der Waals surface area (Å²) in [5.74, 6) is 2.22. The van der Waals surface area contributed by atoms with Gasteiger partial charge in [-0.1, -0.05) is 12.1 Å². The van der Waals surface area contributed by atoms with Crippen molar-refractivity contribution >= 4 is 8.15 Å². The molecule has 1 N–H and O–H groups in total. The second-order valence-corrected chi connectivity index (χ2v) is 6.24. The fraction of sp³-hybridized carbons (Fsp3) is 0.538. The molecule has 0 aromatic heterocycles. The van der Waals surface area contributed by atoms with Crippen LogP contribution in [0, 0.1) is 5.92 Å².